The molecule has 98 valence electrons. The van der Waals surface area contributed by atoms with Gasteiger partial charge in [-0.2, -0.15) is 0 Å². The third-order valence-electron chi connectivity index (χ3n) is 4.52. The van der Waals surface area contributed by atoms with Crippen LogP contribution in [0.1, 0.15) is 51.9 Å². The first kappa shape index (κ1) is 12.9. The van der Waals surface area contributed by atoms with Crippen LogP contribution in [0.2, 0.25) is 0 Å². The number of aliphatic hydroxyl groups excluding tert-OH is 1. The number of likely N-dealkylation sites (tertiary alicyclic amines) is 1. The van der Waals surface area contributed by atoms with Crippen LogP contribution < -0.4 is 0 Å². The fourth-order valence-corrected chi connectivity index (χ4v) is 3.44. The molecule has 0 bridgehead atoms. The Labute approximate surface area is 104 Å². The number of amides is 1. The van der Waals surface area contributed by atoms with Crippen LogP contribution in [0.4, 0.5) is 0 Å². The molecule has 2 rings (SSSR count). The van der Waals surface area contributed by atoms with E-state index >= 15 is 0 Å². The summed E-state index contributed by atoms with van der Waals surface area (Å²) in [6, 6.07) is 0. The molecule has 3 nitrogen and oxygen atoms in total. The number of hydrogen-bond acceptors (Lipinski definition) is 2. The maximum Gasteiger partial charge on any atom is 0.219 e. The molecule has 1 amide bonds. The number of carbonyl (C=O) groups excluding carboxylic acids is 1. The van der Waals surface area contributed by atoms with Crippen molar-refractivity contribution in [2.45, 2.75) is 58.0 Å². The van der Waals surface area contributed by atoms with Crippen LogP contribution in [0.5, 0.6) is 0 Å². The van der Waals surface area contributed by atoms with E-state index in [2.05, 4.69) is 0 Å². The first-order valence-corrected chi connectivity index (χ1v) is 7.12. The lowest BCUT2D eigenvalue weighted by atomic mass is 9.78. The molecule has 1 heterocycles. The monoisotopic (exact) mass is 239 g/mol. The van der Waals surface area contributed by atoms with E-state index in [4.69, 9.17) is 0 Å². The van der Waals surface area contributed by atoms with Gasteiger partial charge < -0.3 is 10.0 Å². The highest BCUT2D eigenvalue weighted by atomic mass is 16.3. The average molecular weight is 239 g/mol. The van der Waals surface area contributed by atoms with Crippen LogP contribution in [0, 0.1) is 11.8 Å². The summed E-state index contributed by atoms with van der Waals surface area (Å²) in [6.07, 6.45) is 8.17. The Morgan fingerprint density at radius 3 is 2.41 bits per heavy atom. The summed E-state index contributed by atoms with van der Waals surface area (Å²) in [5.74, 6) is 0.960. The van der Waals surface area contributed by atoms with E-state index in [0.717, 1.165) is 25.9 Å². The summed E-state index contributed by atoms with van der Waals surface area (Å²) in [7, 11) is 0. The zero-order valence-electron chi connectivity index (χ0n) is 10.9. The molecule has 0 spiro atoms. The summed E-state index contributed by atoms with van der Waals surface area (Å²) in [5, 5.41) is 10.5. The maximum atomic E-state index is 11.4. The molecule has 17 heavy (non-hydrogen) atoms. The highest BCUT2D eigenvalue weighted by Crippen LogP contribution is 2.32. The van der Waals surface area contributed by atoms with Crippen LogP contribution in [0.25, 0.3) is 0 Å². The highest BCUT2D eigenvalue weighted by molar-refractivity contribution is 5.73. The molecule has 2 aliphatic rings. The van der Waals surface area contributed by atoms with Crippen molar-refractivity contribution in [2.75, 3.05) is 13.1 Å². The molecule has 1 aliphatic heterocycles. The number of aliphatic hydroxyl groups is 1. The van der Waals surface area contributed by atoms with E-state index in [-0.39, 0.29) is 12.0 Å². The van der Waals surface area contributed by atoms with Crippen molar-refractivity contribution < 1.29 is 9.90 Å². The summed E-state index contributed by atoms with van der Waals surface area (Å²) >= 11 is 0. The van der Waals surface area contributed by atoms with E-state index in [1.807, 2.05) is 4.90 Å². The minimum Gasteiger partial charge on any atom is -0.392 e. The smallest absolute Gasteiger partial charge is 0.219 e. The van der Waals surface area contributed by atoms with Crippen LogP contribution in [0.15, 0.2) is 0 Å². The van der Waals surface area contributed by atoms with Gasteiger partial charge in [-0.25, -0.2) is 0 Å². The van der Waals surface area contributed by atoms with Gasteiger partial charge in [-0.1, -0.05) is 19.3 Å². The molecule has 0 aromatic carbocycles. The Morgan fingerprint density at radius 1 is 1.12 bits per heavy atom. The summed E-state index contributed by atoms with van der Waals surface area (Å²) in [6.45, 7) is 3.28. The number of hydrogen-bond donors (Lipinski definition) is 1. The Morgan fingerprint density at radius 2 is 1.76 bits per heavy atom. The number of piperidine rings is 1. The van der Waals surface area contributed by atoms with Crippen molar-refractivity contribution >= 4 is 5.91 Å². The van der Waals surface area contributed by atoms with E-state index < -0.39 is 0 Å². The topological polar surface area (TPSA) is 40.5 Å². The van der Waals surface area contributed by atoms with Crippen molar-refractivity contribution in [1.29, 1.82) is 0 Å². The van der Waals surface area contributed by atoms with Crippen LogP contribution >= 0.6 is 0 Å². The average Bonchev–Trinajstić information content (AvgIpc) is 2.39. The number of rotatable bonds is 2. The van der Waals surface area contributed by atoms with E-state index in [1.165, 1.54) is 32.1 Å². The first-order chi connectivity index (χ1) is 8.18. The van der Waals surface area contributed by atoms with Crippen molar-refractivity contribution in [3.63, 3.8) is 0 Å². The van der Waals surface area contributed by atoms with E-state index in [1.54, 1.807) is 6.92 Å². The number of carbonyl (C=O) groups is 1. The van der Waals surface area contributed by atoms with Crippen molar-refractivity contribution in [1.82, 2.24) is 4.90 Å². The second-order valence-electron chi connectivity index (χ2n) is 5.76. The molecule has 1 saturated heterocycles. The summed E-state index contributed by atoms with van der Waals surface area (Å²) in [5.41, 5.74) is 0. The zero-order chi connectivity index (χ0) is 12.3. The standard InChI is InChI=1S/C14H25NO2/c1-11(16)15-9-5-8-13(10-15)14(17)12-6-3-2-4-7-12/h12-14,17H,2-10H2,1H3. The molecule has 2 unspecified atom stereocenters. The van der Waals surface area contributed by atoms with E-state index in [9.17, 15) is 9.90 Å². The molecule has 0 aromatic rings. The molecule has 1 aliphatic carbocycles. The fourth-order valence-electron chi connectivity index (χ4n) is 3.44. The lowest BCUT2D eigenvalue weighted by Gasteiger charge is -2.38. The molecule has 2 fully saturated rings. The second kappa shape index (κ2) is 5.85. The second-order valence-corrected chi connectivity index (χ2v) is 5.76. The maximum absolute atomic E-state index is 11.4. The largest absolute Gasteiger partial charge is 0.392 e. The van der Waals surface area contributed by atoms with Gasteiger partial charge in [0.25, 0.3) is 0 Å². The highest BCUT2D eigenvalue weighted by Gasteiger charge is 2.32. The molecule has 0 aromatic heterocycles. The first-order valence-electron chi connectivity index (χ1n) is 7.12. The Balaban J connectivity index is 1.89. The predicted molar refractivity (Wildman–Crippen MR) is 67.6 cm³/mol. The van der Waals surface area contributed by atoms with Crippen molar-refractivity contribution in [2.24, 2.45) is 11.8 Å². The van der Waals surface area contributed by atoms with Gasteiger partial charge in [0, 0.05) is 25.9 Å². The molecule has 3 heteroatoms. The van der Waals surface area contributed by atoms with Gasteiger partial charge in [-0.3, -0.25) is 4.79 Å². The van der Waals surface area contributed by atoms with Gasteiger partial charge in [0.05, 0.1) is 6.10 Å². The van der Waals surface area contributed by atoms with Crippen molar-refractivity contribution in [3.8, 4) is 0 Å². The number of nitrogens with zero attached hydrogens (tertiary/aromatic N) is 1. The molecule has 1 saturated carbocycles. The van der Waals surface area contributed by atoms with Gasteiger partial charge in [0.2, 0.25) is 5.91 Å². The molecule has 0 radical (unpaired) electrons. The summed E-state index contributed by atoms with van der Waals surface area (Å²) < 4.78 is 0. The third kappa shape index (κ3) is 3.21. The van der Waals surface area contributed by atoms with Crippen LogP contribution in [0.3, 0.4) is 0 Å². The van der Waals surface area contributed by atoms with Crippen LogP contribution in [-0.4, -0.2) is 35.1 Å². The predicted octanol–water partition coefficient (Wildman–Crippen LogP) is 2.19. The lowest BCUT2D eigenvalue weighted by Crippen LogP contribution is -2.44. The minimum atomic E-state index is -0.183. The third-order valence-corrected chi connectivity index (χ3v) is 4.52. The summed E-state index contributed by atoms with van der Waals surface area (Å²) in [4.78, 5) is 13.3. The van der Waals surface area contributed by atoms with Gasteiger partial charge >= 0.3 is 0 Å². The lowest BCUT2D eigenvalue weighted by molar-refractivity contribution is -0.132. The normalized spacial score (nSPS) is 29.1. The Kier molecular flexibility index (Phi) is 4.43. The zero-order valence-corrected chi connectivity index (χ0v) is 10.9. The molecule has 2 atom stereocenters. The SMILES string of the molecule is CC(=O)N1CCCC(C(O)C2CCCCC2)C1. The van der Waals surface area contributed by atoms with Gasteiger partial charge in [-0.05, 0) is 31.6 Å². The quantitative estimate of drug-likeness (QED) is 0.802. The van der Waals surface area contributed by atoms with Crippen LogP contribution in [-0.2, 0) is 4.79 Å². The van der Waals surface area contributed by atoms with Gasteiger partial charge in [0.1, 0.15) is 0 Å². The Bertz CT molecular complexity index is 261. The minimum absolute atomic E-state index is 0.158. The van der Waals surface area contributed by atoms with E-state index in [0.29, 0.717) is 11.8 Å². The van der Waals surface area contributed by atoms with Gasteiger partial charge in [0.15, 0.2) is 0 Å². The molecule has 1 N–H and O–H groups in total. The molecular formula is C14H25NO2. The fraction of sp³-hybridized carbons (Fsp3) is 0.929. The molecular weight excluding hydrogens is 214 g/mol. The Hall–Kier alpha value is -0.570. The van der Waals surface area contributed by atoms with Crippen molar-refractivity contribution in [3.05, 3.63) is 0 Å². The van der Waals surface area contributed by atoms with Gasteiger partial charge in [-0.15, -0.1) is 0 Å².